The van der Waals surface area contributed by atoms with Gasteiger partial charge in [-0.25, -0.2) is 4.39 Å². The highest BCUT2D eigenvalue weighted by Gasteiger charge is 2.31. The third kappa shape index (κ3) is 3.58. The highest BCUT2D eigenvalue weighted by molar-refractivity contribution is 6.31. The summed E-state index contributed by atoms with van der Waals surface area (Å²) in [6.07, 6.45) is -2.26. The lowest BCUT2D eigenvalue weighted by atomic mass is 10.0. The molecule has 0 saturated heterocycles. The van der Waals surface area contributed by atoms with E-state index < -0.39 is 28.9 Å². The van der Waals surface area contributed by atoms with E-state index in [0.717, 1.165) is 0 Å². The first-order valence-corrected chi connectivity index (χ1v) is 6.15. The lowest BCUT2D eigenvalue weighted by Crippen LogP contribution is -2.11. The largest absolute Gasteiger partial charge is 0.416 e. The van der Waals surface area contributed by atoms with Gasteiger partial charge in [-0.1, -0.05) is 11.6 Å². The lowest BCUT2D eigenvalue weighted by Gasteiger charge is -2.09. The second kappa shape index (κ2) is 5.81. The number of rotatable bonds is 3. The van der Waals surface area contributed by atoms with E-state index >= 15 is 0 Å². The SMILES string of the molecule is O=C(Cc1ccncc1Cl)c1cc(C(F)(F)F)ccc1F. The Kier molecular flexibility index (Phi) is 4.27. The zero-order valence-electron chi connectivity index (χ0n) is 10.4. The van der Waals surface area contributed by atoms with Gasteiger partial charge in [0.15, 0.2) is 5.78 Å². The van der Waals surface area contributed by atoms with Crippen LogP contribution in [0.25, 0.3) is 0 Å². The zero-order valence-corrected chi connectivity index (χ0v) is 11.2. The van der Waals surface area contributed by atoms with E-state index in [4.69, 9.17) is 11.6 Å². The number of ketones is 1. The van der Waals surface area contributed by atoms with Crippen molar-refractivity contribution in [2.24, 2.45) is 0 Å². The average Bonchev–Trinajstić information content (AvgIpc) is 2.40. The molecule has 0 aliphatic rings. The molecule has 0 atom stereocenters. The van der Waals surface area contributed by atoms with Gasteiger partial charge in [0.25, 0.3) is 0 Å². The fourth-order valence-electron chi connectivity index (χ4n) is 1.73. The predicted octanol–water partition coefficient (Wildman–Crippen LogP) is 4.32. The second-order valence-electron chi connectivity index (χ2n) is 4.26. The Morgan fingerprint density at radius 3 is 2.57 bits per heavy atom. The van der Waals surface area contributed by atoms with Crippen molar-refractivity contribution in [1.29, 1.82) is 0 Å². The molecule has 0 unspecified atom stereocenters. The highest BCUT2D eigenvalue weighted by Crippen LogP contribution is 2.30. The van der Waals surface area contributed by atoms with Crippen molar-refractivity contribution in [1.82, 2.24) is 4.98 Å². The van der Waals surface area contributed by atoms with Crippen molar-refractivity contribution < 1.29 is 22.4 Å². The minimum Gasteiger partial charge on any atom is -0.294 e. The summed E-state index contributed by atoms with van der Waals surface area (Å²) < 4.78 is 51.4. The van der Waals surface area contributed by atoms with Crippen LogP contribution in [0.15, 0.2) is 36.7 Å². The molecular weight excluding hydrogens is 310 g/mol. The Hall–Kier alpha value is -1.95. The normalized spacial score (nSPS) is 11.5. The fraction of sp³-hybridized carbons (Fsp3) is 0.143. The molecule has 0 fully saturated rings. The van der Waals surface area contributed by atoms with Crippen LogP contribution in [-0.2, 0) is 12.6 Å². The van der Waals surface area contributed by atoms with E-state index in [9.17, 15) is 22.4 Å². The molecule has 0 N–H and O–H groups in total. The standard InChI is InChI=1S/C14H8ClF4NO/c15-11-7-20-4-3-8(11)5-13(21)10-6-9(14(17,18)19)1-2-12(10)16/h1-4,6-7H,5H2. The summed E-state index contributed by atoms with van der Waals surface area (Å²) in [6.45, 7) is 0. The van der Waals surface area contributed by atoms with Crippen molar-refractivity contribution in [3.8, 4) is 0 Å². The van der Waals surface area contributed by atoms with Crippen LogP contribution in [0.4, 0.5) is 17.6 Å². The summed E-state index contributed by atoms with van der Waals surface area (Å²) in [5.41, 5.74) is -1.32. The molecule has 0 bridgehead atoms. The van der Waals surface area contributed by atoms with Crippen LogP contribution in [0, 0.1) is 5.82 Å². The summed E-state index contributed by atoms with van der Waals surface area (Å²) in [4.78, 5) is 15.7. The quantitative estimate of drug-likeness (QED) is 0.623. The third-order valence-corrected chi connectivity index (χ3v) is 3.14. The maximum absolute atomic E-state index is 13.6. The molecule has 1 aromatic carbocycles. The number of Topliss-reactive ketones (excluding diaryl/α,β-unsaturated/α-hetero) is 1. The smallest absolute Gasteiger partial charge is 0.294 e. The van der Waals surface area contributed by atoms with Crippen molar-refractivity contribution in [2.75, 3.05) is 0 Å². The number of aromatic nitrogens is 1. The van der Waals surface area contributed by atoms with E-state index in [1.165, 1.54) is 18.5 Å². The molecule has 7 heteroatoms. The molecule has 0 spiro atoms. The summed E-state index contributed by atoms with van der Waals surface area (Å²) in [5.74, 6) is -1.79. The van der Waals surface area contributed by atoms with E-state index in [1.54, 1.807) is 0 Å². The van der Waals surface area contributed by atoms with E-state index in [0.29, 0.717) is 23.8 Å². The topological polar surface area (TPSA) is 30.0 Å². The molecule has 110 valence electrons. The van der Waals surface area contributed by atoms with E-state index in [2.05, 4.69) is 4.98 Å². The van der Waals surface area contributed by atoms with Crippen molar-refractivity contribution >= 4 is 17.4 Å². The number of alkyl halides is 3. The molecule has 0 aliphatic carbocycles. The molecule has 2 nitrogen and oxygen atoms in total. The van der Waals surface area contributed by atoms with Crippen LogP contribution in [0.1, 0.15) is 21.5 Å². The van der Waals surface area contributed by atoms with Gasteiger partial charge in [-0.05, 0) is 29.8 Å². The Morgan fingerprint density at radius 2 is 1.95 bits per heavy atom. The van der Waals surface area contributed by atoms with Crippen LogP contribution >= 0.6 is 11.6 Å². The summed E-state index contributed by atoms with van der Waals surface area (Å²) in [5, 5.41) is 0.193. The molecule has 2 aromatic rings. The lowest BCUT2D eigenvalue weighted by molar-refractivity contribution is -0.137. The number of carbonyl (C=O) groups is 1. The molecule has 1 heterocycles. The van der Waals surface area contributed by atoms with Crippen LogP contribution < -0.4 is 0 Å². The summed E-state index contributed by atoms with van der Waals surface area (Å²) in [7, 11) is 0. The first kappa shape index (κ1) is 15.4. The maximum atomic E-state index is 13.6. The molecule has 21 heavy (non-hydrogen) atoms. The maximum Gasteiger partial charge on any atom is 0.416 e. The number of halogens is 5. The van der Waals surface area contributed by atoms with Crippen LogP contribution in [0.3, 0.4) is 0 Å². The Balaban J connectivity index is 2.33. The average molecular weight is 318 g/mol. The number of benzene rings is 1. The van der Waals surface area contributed by atoms with Gasteiger partial charge in [0, 0.05) is 18.8 Å². The Bertz CT molecular complexity index is 685. The van der Waals surface area contributed by atoms with E-state index in [1.807, 2.05) is 0 Å². The second-order valence-corrected chi connectivity index (χ2v) is 4.67. The van der Waals surface area contributed by atoms with Crippen LogP contribution in [-0.4, -0.2) is 10.8 Å². The molecule has 0 amide bonds. The molecular formula is C14H8ClF4NO. The fourth-order valence-corrected chi connectivity index (χ4v) is 1.92. The van der Waals surface area contributed by atoms with Gasteiger partial charge in [-0.2, -0.15) is 13.2 Å². The molecule has 1 aromatic heterocycles. The van der Waals surface area contributed by atoms with Gasteiger partial charge in [0.05, 0.1) is 16.1 Å². The Morgan fingerprint density at radius 1 is 1.24 bits per heavy atom. The number of pyridine rings is 1. The van der Waals surface area contributed by atoms with Crippen molar-refractivity contribution in [2.45, 2.75) is 12.6 Å². The minimum atomic E-state index is -4.64. The van der Waals surface area contributed by atoms with Crippen molar-refractivity contribution in [3.05, 3.63) is 64.2 Å². The third-order valence-electron chi connectivity index (χ3n) is 2.80. The van der Waals surface area contributed by atoms with Gasteiger partial charge < -0.3 is 0 Å². The number of hydrogen-bond donors (Lipinski definition) is 0. The van der Waals surface area contributed by atoms with Crippen LogP contribution in [0.5, 0.6) is 0 Å². The number of hydrogen-bond acceptors (Lipinski definition) is 2. The number of carbonyl (C=O) groups excluding carboxylic acids is 1. The summed E-state index contributed by atoms with van der Waals surface area (Å²) in [6, 6.07) is 3.17. The van der Waals surface area contributed by atoms with Gasteiger partial charge in [-0.3, -0.25) is 9.78 Å². The van der Waals surface area contributed by atoms with Crippen molar-refractivity contribution in [3.63, 3.8) is 0 Å². The molecule has 0 aliphatic heterocycles. The summed E-state index contributed by atoms with van der Waals surface area (Å²) >= 11 is 5.81. The minimum absolute atomic E-state index is 0.193. The predicted molar refractivity (Wildman–Crippen MR) is 68.7 cm³/mol. The van der Waals surface area contributed by atoms with Gasteiger partial charge >= 0.3 is 6.18 Å². The molecule has 2 rings (SSSR count). The zero-order chi connectivity index (χ0) is 15.6. The van der Waals surface area contributed by atoms with E-state index in [-0.39, 0.29) is 11.4 Å². The van der Waals surface area contributed by atoms with Gasteiger partial charge in [0.1, 0.15) is 5.82 Å². The van der Waals surface area contributed by atoms with Crippen LogP contribution in [0.2, 0.25) is 5.02 Å². The number of nitrogens with zero attached hydrogens (tertiary/aromatic N) is 1. The first-order chi connectivity index (χ1) is 9.79. The van der Waals surface area contributed by atoms with Gasteiger partial charge in [0.2, 0.25) is 0 Å². The van der Waals surface area contributed by atoms with Gasteiger partial charge in [-0.15, -0.1) is 0 Å². The first-order valence-electron chi connectivity index (χ1n) is 5.77. The molecule has 0 radical (unpaired) electrons. The highest BCUT2D eigenvalue weighted by atomic mass is 35.5. The molecule has 0 saturated carbocycles. The monoisotopic (exact) mass is 317 g/mol. The Labute approximate surface area is 122 Å².